The van der Waals surface area contributed by atoms with Gasteiger partial charge in [-0.3, -0.25) is 9.93 Å². The Morgan fingerprint density at radius 1 is 1.26 bits per heavy atom. The van der Waals surface area contributed by atoms with Crippen molar-refractivity contribution in [3.63, 3.8) is 0 Å². The van der Waals surface area contributed by atoms with Crippen LogP contribution in [0.25, 0.3) is 0 Å². The van der Waals surface area contributed by atoms with E-state index in [1.807, 2.05) is 0 Å². The molecule has 0 saturated carbocycles. The summed E-state index contributed by atoms with van der Waals surface area (Å²) in [7, 11) is -17.4. The molecule has 1 saturated heterocycles. The van der Waals surface area contributed by atoms with Gasteiger partial charge in [-0.05, 0) is 12.1 Å². The molecule has 18 nitrogen and oxygen atoms in total. The molecule has 10 N–H and O–H groups in total. The number of phosphoric ester groups is 1. The van der Waals surface area contributed by atoms with E-state index in [9.17, 15) is 34.1 Å². The number of nitrogens with one attached hydrogen (secondary N) is 2. The second-order valence-electron chi connectivity index (χ2n) is 6.42. The first-order valence-corrected chi connectivity index (χ1v) is 12.9. The van der Waals surface area contributed by atoms with Crippen LogP contribution in [0.2, 0.25) is 0 Å². The highest BCUT2D eigenvalue weighted by molar-refractivity contribution is 7.66. The predicted octanol–water partition coefficient (Wildman–Crippen LogP) is -1.19. The normalized spacial score (nSPS) is 31.4. The molecule has 2 rings (SSSR count). The number of rotatable bonds is 10. The van der Waals surface area contributed by atoms with Crippen molar-refractivity contribution in [2.45, 2.75) is 23.7 Å². The Kier molecular flexibility index (Phi) is 8.05. The zero-order valence-corrected chi connectivity index (χ0v) is 19.0. The molecule has 2 unspecified atom stereocenters. The van der Waals surface area contributed by atoms with Crippen LogP contribution >= 0.6 is 23.5 Å². The molecule has 34 heavy (non-hydrogen) atoms. The second kappa shape index (κ2) is 9.64. The molecule has 0 spiro atoms. The molecule has 1 aliphatic heterocycles. The fourth-order valence-electron chi connectivity index (χ4n) is 2.70. The maximum Gasteiger partial charge on any atom is 0.490 e. The Morgan fingerprint density at radius 2 is 1.88 bits per heavy atom. The average molecular weight is 551 g/mol. The number of aliphatic hydroxyl groups is 2. The highest BCUT2D eigenvalue weighted by atomic mass is 31.3. The fourth-order valence-corrected chi connectivity index (χ4v) is 5.73. The summed E-state index contributed by atoms with van der Waals surface area (Å²) < 4.78 is 64.9. The lowest BCUT2D eigenvalue weighted by Crippen LogP contribution is -2.43. The van der Waals surface area contributed by atoms with Crippen LogP contribution in [0.5, 0.6) is 0 Å². The lowest BCUT2D eigenvalue weighted by Gasteiger charge is -2.25. The van der Waals surface area contributed by atoms with Crippen molar-refractivity contribution in [3.05, 3.63) is 23.5 Å². The molecule has 1 aliphatic rings. The molecule has 1 fully saturated rings. The number of aliphatic hydroxyl groups excluding tert-OH is 2. The number of alkyl halides is 1. The van der Waals surface area contributed by atoms with Gasteiger partial charge < -0.3 is 45.2 Å². The van der Waals surface area contributed by atoms with Crippen molar-refractivity contribution in [1.82, 2.24) is 4.98 Å². The van der Waals surface area contributed by atoms with Crippen molar-refractivity contribution in [2.75, 3.05) is 6.61 Å². The van der Waals surface area contributed by atoms with E-state index in [2.05, 4.69) is 23.1 Å². The highest BCUT2D eigenvalue weighted by Crippen LogP contribution is 2.66. The van der Waals surface area contributed by atoms with Gasteiger partial charge in [0.05, 0.1) is 11.4 Å². The van der Waals surface area contributed by atoms with Gasteiger partial charge in [0.1, 0.15) is 37.1 Å². The number of nitrogens with zero attached hydrogens (tertiary/aromatic N) is 2. The zero-order valence-electron chi connectivity index (χ0n) is 16.3. The molecule has 0 aliphatic carbocycles. The van der Waals surface area contributed by atoms with Crippen molar-refractivity contribution in [1.29, 1.82) is 10.7 Å². The smallest absolute Gasteiger partial charge is 0.386 e. The van der Waals surface area contributed by atoms with Gasteiger partial charge >= 0.3 is 23.5 Å². The summed E-state index contributed by atoms with van der Waals surface area (Å²) in [5.74, 6) is -3.86. The SMILES string of the molecule is N#C[C@@]1(c2ccc(C(N)=NC=N)[nH]2)O[C@](F)(COP(=O)(O)OP(=O)(O)OP(=O)(O)O)[C@@H](O)[C@H]1O. The summed E-state index contributed by atoms with van der Waals surface area (Å²) in [4.78, 5) is 41.4. The molecule has 0 radical (unpaired) electrons. The number of hydrogen-bond donors (Lipinski definition) is 9. The number of ether oxygens (including phenoxy) is 1. The van der Waals surface area contributed by atoms with Crippen molar-refractivity contribution >= 4 is 35.6 Å². The first kappa shape index (κ1) is 28.4. The quantitative estimate of drug-likeness (QED) is 0.0937. The van der Waals surface area contributed by atoms with Crippen LogP contribution in [-0.4, -0.2) is 71.6 Å². The van der Waals surface area contributed by atoms with Gasteiger partial charge in [-0.25, -0.2) is 23.1 Å². The Balaban J connectivity index is 2.26. The van der Waals surface area contributed by atoms with Gasteiger partial charge in [0.2, 0.25) is 5.60 Å². The van der Waals surface area contributed by atoms with Crippen LogP contribution in [0.4, 0.5) is 4.39 Å². The van der Waals surface area contributed by atoms with Crippen LogP contribution < -0.4 is 5.73 Å². The molecule has 22 heteroatoms. The Labute approximate surface area is 188 Å². The van der Waals surface area contributed by atoms with E-state index in [-0.39, 0.29) is 17.2 Å². The Hall–Kier alpha value is -1.87. The van der Waals surface area contributed by atoms with Crippen molar-refractivity contribution in [2.24, 2.45) is 10.7 Å². The number of hydrogen-bond acceptors (Lipinski definition) is 11. The molecule has 2 heterocycles. The number of aliphatic imine (C=N–C) groups is 1. The van der Waals surface area contributed by atoms with E-state index >= 15 is 4.39 Å². The number of H-pyrrole nitrogens is 1. The van der Waals surface area contributed by atoms with Gasteiger partial charge in [0.25, 0.3) is 5.85 Å². The van der Waals surface area contributed by atoms with E-state index in [0.717, 1.165) is 6.07 Å². The summed E-state index contributed by atoms with van der Waals surface area (Å²) in [5.41, 5.74) is 2.53. The molecule has 0 aromatic carbocycles. The highest BCUT2D eigenvalue weighted by Gasteiger charge is 2.66. The summed E-state index contributed by atoms with van der Waals surface area (Å²) >= 11 is 0. The number of aromatic nitrogens is 1. The number of aromatic amines is 1. The van der Waals surface area contributed by atoms with E-state index in [1.165, 1.54) is 12.1 Å². The van der Waals surface area contributed by atoms with Gasteiger partial charge in [0, 0.05) is 0 Å². The third kappa shape index (κ3) is 6.22. The maximum atomic E-state index is 15.3. The number of amidine groups is 1. The summed E-state index contributed by atoms with van der Waals surface area (Å²) in [6.07, 6.45) is -4.37. The van der Waals surface area contributed by atoms with Crippen molar-refractivity contribution < 1.29 is 65.8 Å². The van der Waals surface area contributed by atoms with Crippen LogP contribution in [0.1, 0.15) is 11.4 Å². The third-order valence-corrected chi connectivity index (χ3v) is 7.84. The minimum absolute atomic E-state index is 0.00281. The summed E-state index contributed by atoms with van der Waals surface area (Å²) in [6.45, 7) is -1.80. The monoisotopic (exact) mass is 551 g/mol. The largest absolute Gasteiger partial charge is 0.490 e. The van der Waals surface area contributed by atoms with E-state index < -0.39 is 53.7 Å². The molecule has 190 valence electrons. The second-order valence-corrected chi connectivity index (χ2v) is 10.8. The first-order chi connectivity index (χ1) is 15.4. The predicted molar refractivity (Wildman–Crippen MR) is 104 cm³/mol. The third-order valence-electron chi connectivity index (χ3n) is 4.06. The van der Waals surface area contributed by atoms with E-state index in [0.29, 0.717) is 6.34 Å². The molecule has 1 aromatic rings. The summed E-state index contributed by atoms with van der Waals surface area (Å²) in [6, 6.07) is 3.74. The first-order valence-electron chi connectivity index (χ1n) is 8.37. The molecule has 0 bridgehead atoms. The zero-order chi connectivity index (χ0) is 26.2. The van der Waals surface area contributed by atoms with Gasteiger partial charge in [0.15, 0.2) is 0 Å². The fraction of sp³-hybridized carbons (Fsp3) is 0.417. The lowest BCUT2D eigenvalue weighted by molar-refractivity contribution is -0.209. The Morgan fingerprint density at radius 3 is 2.41 bits per heavy atom. The van der Waals surface area contributed by atoms with E-state index in [4.69, 9.17) is 30.6 Å². The Bertz CT molecular complexity index is 1160. The number of nitriles is 1. The summed E-state index contributed by atoms with van der Waals surface area (Å²) in [5, 5.41) is 36.9. The molecular formula is C12H17FN5O13P3. The van der Waals surface area contributed by atoms with E-state index in [1.54, 1.807) is 0 Å². The van der Waals surface area contributed by atoms with Crippen LogP contribution in [0.3, 0.4) is 0 Å². The maximum absolute atomic E-state index is 15.3. The van der Waals surface area contributed by atoms with Crippen LogP contribution in [0.15, 0.2) is 17.1 Å². The lowest BCUT2D eigenvalue weighted by atomic mass is 9.92. The number of halogens is 1. The standard InChI is InChI=1S/C12H17FN5O13P3/c13-12(4-28-33(24,25)31-34(26,27)30-32(21,22)23)9(20)8(19)11(3-14,29-12)7-2-1-6(18-7)10(16)17-5-15/h1-2,5,8-9,18-20H,4H2,(H,24,25)(H,26,27)(H3,15,16,17)(H2,21,22,23)/t8-,9+,11+,12-/m1/s1. The number of nitrogens with two attached hydrogens (primary N) is 1. The molecule has 1 aromatic heterocycles. The van der Waals surface area contributed by atoms with Crippen LogP contribution in [0, 0.1) is 16.7 Å². The van der Waals surface area contributed by atoms with Gasteiger partial charge in [-0.15, -0.1) is 0 Å². The molecule has 6 atom stereocenters. The number of phosphoric acid groups is 3. The van der Waals surface area contributed by atoms with Crippen LogP contribution in [-0.2, 0) is 37.2 Å². The van der Waals surface area contributed by atoms with Gasteiger partial charge in [-0.1, -0.05) is 0 Å². The topological polar surface area (TPSA) is 311 Å². The minimum atomic E-state index is -5.91. The minimum Gasteiger partial charge on any atom is -0.386 e. The molecular weight excluding hydrogens is 534 g/mol. The molecule has 0 amide bonds. The van der Waals surface area contributed by atoms with Crippen molar-refractivity contribution in [3.8, 4) is 6.07 Å². The average Bonchev–Trinajstić information content (AvgIpc) is 3.24. The van der Waals surface area contributed by atoms with Gasteiger partial charge in [-0.2, -0.15) is 13.9 Å².